The number of aryl methyl sites for hydroxylation is 1. The molecule has 0 fully saturated rings. The second-order valence-electron chi connectivity index (χ2n) is 4.96. The minimum Gasteiger partial charge on any atom is -0.492 e. The number of nitrogens with zero attached hydrogens (tertiary/aromatic N) is 4. The van der Waals surface area contributed by atoms with Crippen molar-refractivity contribution >= 4 is 22.2 Å². The van der Waals surface area contributed by atoms with Crippen molar-refractivity contribution in [1.82, 2.24) is 15.0 Å². The molecule has 112 valence electrons. The lowest BCUT2D eigenvalue weighted by Gasteiger charge is -2.04. The second kappa shape index (κ2) is 6.57. The average Bonchev–Trinajstić information content (AvgIpc) is 2.85. The Morgan fingerprint density at radius 2 is 2.14 bits per heavy atom. The molecular formula is C13H17N5O2S. The molecule has 2 rings (SSSR count). The molecule has 2 aromatic heterocycles. The zero-order valence-corrected chi connectivity index (χ0v) is 12.9. The van der Waals surface area contributed by atoms with Crippen LogP contribution >= 0.6 is 11.3 Å². The number of thiazole rings is 1. The number of hydrogen-bond donors (Lipinski definition) is 2. The van der Waals surface area contributed by atoms with Crippen LogP contribution in [0.4, 0.5) is 10.8 Å². The van der Waals surface area contributed by atoms with Crippen LogP contribution in [-0.2, 0) is 12.8 Å². The molecule has 0 saturated heterocycles. The highest BCUT2D eigenvalue weighted by Gasteiger charge is 2.11. The van der Waals surface area contributed by atoms with Crippen LogP contribution in [0.25, 0.3) is 0 Å². The fraction of sp³-hybridized carbons (Fsp3) is 0.462. The first kappa shape index (κ1) is 15.3. The van der Waals surface area contributed by atoms with E-state index in [1.165, 1.54) is 11.3 Å². The summed E-state index contributed by atoms with van der Waals surface area (Å²) in [4.78, 5) is 22.6. The Morgan fingerprint density at radius 3 is 2.71 bits per heavy atom. The maximum Gasteiger partial charge on any atom is 0.282 e. The van der Waals surface area contributed by atoms with Gasteiger partial charge in [0, 0.05) is 11.8 Å². The van der Waals surface area contributed by atoms with Gasteiger partial charge in [0.1, 0.15) is 5.82 Å². The van der Waals surface area contributed by atoms with Crippen molar-refractivity contribution in [3.8, 4) is 5.88 Å². The summed E-state index contributed by atoms with van der Waals surface area (Å²) in [5.74, 6) is 0.349. The molecule has 21 heavy (non-hydrogen) atoms. The van der Waals surface area contributed by atoms with E-state index in [0.717, 1.165) is 12.1 Å². The fourth-order valence-electron chi connectivity index (χ4n) is 1.67. The third-order valence-electron chi connectivity index (χ3n) is 2.66. The monoisotopic (exact) mass is 307 g/mol. The van der Waals surface area contributed by atoms with Gasteiger partial charge >= 0.3 is 0 Å². The summed E-state index contributed by atoms with van der Waals surface area (Å²) in [5, 5.41) is 19.8. The van der Waals surface area contributed by atoms with Gasteiger partial charge < -0.3 is 10.1 Å². The van der Waals surface area contributed by atoms with Gasteiger partial charge in [-0.25, -0.2) is 4.98 Å². The van der Waals surface area contributed by atoms with Gasteiger partial charge in [0.2, 0.25) is 16.7 Å². The maximum absolute atomic E-state index is 11.9. The first-order valence-electron chi connectivity index (χ1n) is 6.68. The van der Waals surface area contributed by atoms with E-state index in [-0.39, 0.29) is 5.69 Å². The molecule has 0 amide bonds. The number of aromatic hydroxyl groups is 1. The van der Waals surface area contributed by atoms with Crippen LogP contribution in [0.3, 0.4) is 0 Å². The minimum atomic E-state index is -0.505. The largest absolute Gasteiger partial charge is 0.492 e. The zero-order valence-electron chi connectivity index (χ0n) is 12.1. The molecule has 7 nitrogen and oxygen atoms in total. The Hall–Kier alpha value is -2.09. The van der Waals surface area contributed by atoms with Gasteiger partial charge in [-0.3, -0.25) is 4.79 Å². The molecule has 2 heterocycles. The van der Waals surface area contributed by atoms with Crippen molar-refractivity contribution in [2.75, 3.05) is 0 Å². The molecule has 0 aliphatic carbocycles. The molecule has 0 atom stereocenters. The summed E-state index contributed by atoms with van der Waals surface area (Å²) in [6, 6.07) is 0. The van der Waals surface area contributed by atoms with Gasteiger partial charge in [0.25, 0.3) is 5.56 Å². The van der Waals surface area contributed by atoms with E-state index in [1.54, 1.807) is 0 Å². The van der Waals surface area contributed by atoms with E-state index in [4.69, 9.17) is 0 Å². The molecule has 0 radical (unpaired) electrons. The number of H-pyrrole nitrogens is 1. The molecule has 0 aromatic carbocycles. The lowest BCUT2D eigenvalue weighted by atomic mass is 10.1. The van der Waals surface area contributed by atoms with Gasteiger partial charge in [0.05, 0.1) is 5.69 Å². The van der Waals surface area contributed by atoms with Crippen LogP contribution in [0.15, 0.2) is 20.4 Å². The summed E-state index contributed by atoms with van der Waals surface area (Å²) in [6.07, 6.45) is 1.38. The second-order valence-corrected chi connectivity index (χ2v) is 5.79. The molecule has 0 spiro atoms. The van der Waals surface area contributed by atoms with Crippen molar-refractivity contribution in [3.63, 3.8) is 0 Å². The average molecular weight is 307 g/mol. The van der Waals surface area contributed by atoms with Crippen molar-refractivity contribution in [2.45, 2.75) is 33.6 Å². The lowest BCUT2D eigenvalue weighted by molar-refractivity contribution is 0.446. The highest BCUT2D eigenvalue weighted by atomic mass is 32.1. The Bertz CT molecular complexity index is 705. The van der Waals surface area contributed by atoms with E-state index in [9.17, 15) is 9.90 Å². The third kappa shape index (κ3) is 3.94. The van der Waals surface area contributed by atoms with E-state index in [0.29, 0.717) is 23.3 Å². The molecule has 2 aromatic rings. The molecular weight excluding hydrogens is 290 g/mol. The Labute approximate surface area is 125 Å². The predicted octanol–water partition coefficient (Wildman–Crippen LogP) is 3.11. The number of aromatic nitrogens is 3. The molecule has 2 N–H and O–H groups in total. The van der Waals surface area contributed by atoms with E-state index >= 15 is 0 Å². The zero-order chi connectivity index (χ0) is 15.4. The summed E-state index contributed by atoms with van der Waals surface area (Å²) in [7, 11) is 0. The summed E-state index contributed by atoms with van der Waals surface area (Å²) < 4.78 is 0. The maximum atomic E-state index is 11.9. The Balaban J connectivity index is 2.25. The predicted molar refractivity (Wildman–Crippen MR) is 80.7 cm³/mol. The Kier molecular flexibility index (Phi) is 4.79. The van der Waals surface area contributed by atoms with E-state index in [1.807, 2.05) is 26.2 Å². The van der Waals surface area contributed by atoms with Gasteiger partial charge in [-0.1, -0.05) is 20.8 Å². The number of hydrogen-bond acceptors (Lipinski definition) is 7. The van der Waals surface area contributed by atoms with Gasteiger partial charge in [0.15, 0.2) is 0 Å². The van der Waals surface area contributed by atoms with Crippen molar-refractivity contribution in [1.29, 1.82) is 0 Å². The molecule has 0 unspecified atom stereocenters. The molecule has 0 bridgehead atoms. The fourth-order valence-corrected chi connectivity index (χ4v) is 2.39. The third-order valence-corrected chi connectivity index (χ3v) is 3.44. The van der Waals surface area contributed by atoms with Gasteiger partial charge in [-0.2, -0.15) is 4.98 Å². The molecule has 0 saturated carbocycles. The smallest absolute Gasteiger partial charge is 0.282 e. The van der Waals surface area contributed by atoms with Gasteiger partial charge in [-0.05, 0) is 12.3 Å². The number of azo groups is 1. The SMILES string of the molecule is CCc1csc(N=Nc2c(O)nc(CC(C)C)[nH]c2=O)n1. The first-order chi connectivity index (χ1) is 9.99. The highest BCUT2D eigenvalue weighted by molar-refractivity contribution is 7.13. The van der Waals surface area contributed by atoms with Crippen LogP contribution in [0, 0.1) is 5.92 Å². The van der Waals surface area contributed by atoms with Crippen LogP contribution in [0.1, 0.15) is 32.3 Å². The first-order valence-corrected chi connectivity index (χ1v) is 7.55. The number of nitrogens with one attached hydrogen (secondary N) is 1. The van der Waals surface area contributed by atoms with Crippen LogP contribution in [0.2, 0.25) is 0 Å². The highest BCUT2D eigenvalue weighted by Crippen LogP contribution is 2.24. The van der Waals surface area contributed by atoms with Gasteiger partial charge in [-0.15, -0.1) is 21.6 Å². The summed E-state index contributed by atoms with van der Waals surface area (Å²) in [5.41, 5.74) is 0.211. The number of rotatable bonds is 5. The summed E-state index contributed by atoms with van der Waals surface area (Å²) >= 11 is 1.33. The quantitative estimate of drug-likeness (QED) is 0.828. The minimum absolute atomic E-state index is 0.198. The normalized spacial score (nSPS) is 11.6. The van der Waals surface area contributed by atoms with Crippen molar-refractivity contribution in [3.05, 3.63) is 27.3 Å². The van der Waals surface area contributed by atoms with E-state index < -0.39 is 11.4 Å². The summed E-state index contributed by atoms with van der Waals surface area (Å²) in [6.45, 7) is 5.99. The van der Waals surface area contributed by atoms with Crippen LogP contribution < -0.4 is 5.56 Å². The van der Waals surface area contributed by atoms with Crippen LogP contribution in [-0.4, -0.2) is 20.1 Å². The number of aromatic amines is 1. The lowest BCUT2D eigenvalue weighted by Crippen LogP contribution is -2.12. The van der Waals surface area contributed by atoms with Crippen molar-refractivity contribution < 1.29 is 5.11 Å². The molecule has 8 heteroatoms. The standard InChI is InChI=1S/C13H17N5O2S/c1-4-8-6-21-13(14-8)18-17-10-11(19)15-9(5-7(2)3)16-12(10)20/h6-7H,4-5H2,1-3H3,(H2,15,16,19,20). The van der Waals surface area contributed by atoms with E-state index in [2.05, 4.69) is 25.2 Å². The van der Waals surface area contributed by atoms with Crippen molar-refractivity contribution in [2.24, 2.45) is 16.1 Å². The molecule has 0 aliphatic heterocycles. The van der Waals surface area contributed by atoms with Crippen LogP contribution in [0.5, 0.6) is 5.88 Å². The molecule has 0 aliphatic rings. The topological polar surface area (TPSA) is 104 Å². The Morgan fingerprint density at radius 1 is 1.38 bits per heavy atom.